The Kier molecular flexibility index (Phi) is 7.77. The van der Waals surface area contributed by atoms with E-state index < -0.39 is 28.2 Å². The molecule has 0 spiro atoms. The number of hydrogen-bond donors (Lipinski definition) is 2. The van der Waals surface area contributed by atoms with Crippen LogP contribution >= 0.6 is 0 Å². The van der Waals surface area contributed by atoms with Gasteiger partial charge < -0.3 is 14.6 Å². The summed E-state index contributed by atoms with van der Waals surface area (Å²) >= 11 is 0. The molecule has 4 aromatic rings. The summed E-state index contributed by atoms with van der Waals surface area (Å²) in [5, 5.41) is 2.73. The van der Waals surface area contributed by atoms with Gasteiger partial charge in [0.25, 0.3) is 10.0 Å². The van der Waals surface area contributed by atoms with Crippen LogP contribution < -0.4 is 14.8 Å². The lowest BCUT2D eigenvalue weighted by molar-refractivity contribution is -0.158. The number of benzene rings is 3. The molecule has 3 aromatic carbocycles. The number of carbonyl (C=O) groups is 1. The maximum absolute atomic E-state index is 13.2. The van der Waals surface area contributed by atoms with Crippen molar-refractivity contribution in [2.75, 3.05) is 0 Å². The van der Waals surface area contributed by atoms with Gasteiger partial charge in [0.1, 0.15) is 11.6 Å². The molecule has 1 aromatic heterocycles. The normalized spacial score (nSPS) is 12.5. The minimum Gasteiger partial charge on any atom is -0.433 e. The zero-order valence-electron chi connectivity index (χ0n) is 20.6. The molecule has 38 heavy (non-hydrogen) atoms. The van der Waals surface area contributed by atoms with Gasteiger partial charge in [-0.05, 0) is 54.8 Å². The molecule has 4 rings (SSSR count). The monoisotopic (exact) mass is 540 g/mol. The van der Waals surface area contributed by atoms with Gasteiger partial charge in [-0.1, -0.05) is 48.5 Å². The molecule has 2 N–H and O–H groups in total. The fraction of sp³-hybridized carbons (Fsp3) is 0.185. The number of sulfonamides is 1. The minimum absolute atomic E-state index is 0.00350. The molecule has 1 atom stereocenters. The molecule has 0 saturated heterocycles. The van der Waals surface area contributed by atoms with Crippen molar-refractivity contribution in [2.24, 2.45) is 0 Å². The fourth-order valence-electron chi connectivity index (χ4n) is 3.95. The molecule has 0 fully saturated rings. The van der Waals surface area contributed by atoms with Gasteiger partial charge in [-0.3, -0.25) is 0 Å². The highest BCUT2D eigenvalue weighted by atomic mass is 32.2. The molecule has 0 unspecified atom stereocenters. The van der Waals surface area contributed by atoms with Gasteiger partial charge in [-0.15, -0.1) is 0 Å². The quantitative estimate of drug-likeness (QED) is 0.306. The molecule has 11 heteroatoms. The van der Waals surface area contributed by atoms with Gasteiger partial charge in [0.15, 0.2) is 0 Å². The summed E-state index contributed by atoms with van der Waals surface area (Å²) < 4.78 is 60.5. The number of imidazole rings is 1. The van der Waals surface area contributed by atoms with Gasteiger partial charge in [-0.25, -0.2) is 22.9 Å². The highest BCUT2D eigenvalue weighted by molar-refractivity contribution is 7.90. The van der Waals surface area contributed by atoms with Crippen molar-refractivity contribution in [3.8, 4) is 11.4 Å². The van der Waals surface area contributed by atoms with Crippen LogP contribution in [0.1, 0.15) is 29.9 Å². The maximum atomic E-state index is 13.2. The number of carbonyl (C=O) groups excluding carboxylic acids is 1. The number of nitrogens with zero attached hydrogens (tertiary/aromatic N) is 2. The minimum atomic E-state index is -4.12. The lowest BCUT2D eigenvalue weighted by atomic mass is 10.1. The Morgan fingerprint density at radius 1 is 1.03 bits per heavy atom. The molecular weight excluding hydrogens is 514 g/mol. The first-order chi connectivity index (χ1) is 18.0. The van der Waals surface area contributed by atoms with Gasteiger partial charge in [0, 0.05) is 25.0 Å². The van der Waals surface area contributed by atoms with Crippen LogP contribution in [0.3, 0.4) is 0 Å². The van der Waals surface area contributed by atoms with E-state index >= 15 is 0 Å². The van der Waals surface area contributed by atoms with Crippen LogP contribution in [0.2, 0.25) is 0 Å². The number of aromatic nitrogens is 2. The predicted molar refractivity (Wildman–Crippen MR) is 138 cm³/mol. The lowest BCUT2D eigenvalue weighted by Crippen LogP contribution is -2.42. The molecule has 2 amide bonds. The third kappa shape index (κ3) is 6.74. The van der Waals surface area contributed by atoms with E-state index in [4.69, 9.17) is 0 Å². The molecular formula is C27H26F2N4O4S. The van der Waals surface area contributed by atoms with Crippen molar-refractivity contribution in [3.63, 3.8) is 0 Å². The van der Waals surface area contributed by atoms with E-state index in [2.05, 4.69) is 19.8 Å². The summed E-state index contributed by atoms with van der Waals surface area (Å²) in [7, 11) is -4.12. The maximum Gasteiger partial charge on any atom is 0.394 e. The smallest absolute Gasteiger partial charge is 0.394 e. The van der Waals surface area contributed by atoms with Crippen LogP contribution in [0.25, 0.3) is 5.69 Å². The molecule has 0 radical (unpaired) electrons. The summed E-state index contributed by atoms with van der Waals surface area (Å²) in [6, 6.07) is 19.9. The van der Waals surface area contributed by atoms with Gasteiger partial charge in [0.2, 0.25) is 0 Å². The zero-order valence-corrected chi connectivity index (χ0v) is 21.5. The van der Waals surface area contributed by atoms with E-state index in [1.165, 1.54) is 24.4 Å². The SMILES string of the molecule is Cc1ccccc1S(=O)(=O)NC(=O)N[C@@H](Cc1ccccc1)c1nccn1-c1ccc(OC(C)(F)F)cc1. The molecule has 0 aliphatic rings. The Labute approximate surface area is 219 Å². The van der Waals surface area contributed by atoms with E-state index in [0.717, 1.165) is 5.56 Å². The molecule has 1 heterocycles. The molecule has 0 saturated carbocycles. The number of nitrogens with one attached hydrogen (secondary N) is 2. The van der Waals surface area contributed by atoms with E-state index in [1.54, 1.807) is 48.0 Å². The van der Waals surface area contributed by atoms with Gasteiger partial charge in [0.05, 0.1) is 10.9 Å². The van der Waals surface area contributed by atoms with Crippen molar-refractivity contribution >= 4 is 16.1 Å². The van der Waals surface area contributed by atoms with Crippen molar-refractivity contribution in [2.45, 2.75) is 37.3 Å². The van der Waals surface area contributed by atoms with E-state index in [1.807, 2.05) is 30.3 Å². The highest BCUT2D eigenvalue weighted by Crippen LogP contribution is 2.25. The number of hydrogen-bond acceptors (Lipinski definition) is 5. The number of ether oxygens (including phenoxy) is 1. The second-order valence-electron chi connectivity index (χ2n) is 8.65. The van der Waals surface area contributed by atoms with Crippen LogP contribution in [0.15, 0.2) is 96.2 Å². The van der Waals surface area contributed by atoms with E-state index in [9.17, 15) is 22.0 Å². The Bertz CT molecular complexity index is 1500. The second-order valence-corrected chi connectivity index (χ2v) is 10.3. The first-order valence-electron chi connectivity index (χ1n) is 11.7. The first-order valence-corrected chi connectivity index (χ1v) is 13.1. The third-order valence-corrected chi connectivity index (χ3v) is 7.08. The summed E-state index contributed by atoms with van der Waals surface area (Å²) in [5.41, 5.74) is 1.96. The average Bonchev–Trinajstić information content (AvgIpc) is 3.33. The van der Waals surface area contributed by atoms with Crippen LogP contribution in [0, 0.1) is 6.92 Å². The number of aryl methyl sites for hydroxylation is 1. The van der Waals surface area contributed by atoms with Crippen LogP contribution in [-0.2, 0) is 16.4 Å². The predicted octanol–water partition coefficient (Wildman–Crippen LogP) is 5.14. The summed E-state index contributed by atoms with van der Waals surface area (Å²) in [4.78, 5) is 17.3. The topological polar surface area (TPSA) is 102 Å². The highest BCUT2D eigenvalue weighted by Gasteiger charge is 2.26. The average molecular weight is 541 g/mol. The number of alkyl halides is 2. The number of halogens is 2. The number of rotatable bonds is 9. The third-order valence-electron chi connectivity index (χ3n) is 5.59. The largest absolute Gasteiger partial charge is 0.433 e. The van der Waals surface area contributed by atoms with E-state index in [-0.39, 0.29) is 10.6 Å². The summed E-state index contributed by atoms with van der Waals surface area (Å²) in [6.07, 6.45) is 0.167. The molecule has 8 nitrogen and oxygen atoms in total. The molecule has 198 valence electrons. The second kappa shape index (κ2) is 11.0. The summed E-state index contributed by atoms with van der Waals surface area (Å²) in [6.45, 7) is 2.29. The fourth-order valence-corrected chi connectivity index (χ4v) is 5.11. The van der Waals surface area contributed by atoms with Crippen molar-refractivity contribution in [1.29, 1.82) is 0 Å². The van der Waals surface area contributed by atoms with Crippen molar-refractivity contribution < 1.29 is 26.7 Å². The lowest BCUT2D eigenvalue weighted by Gasteiger charge is -2.21. The molecule has 0 bridgehead atoms. The van der Waals surface area contributed by atoms with Crippen molar-refractivity contribution in [1.82, 2.24) is 19.6 Å². The van der Waals surface area contributed by atoms with Gasteiger partial charge >= 0.3 is 12.1 Å². The van der Waals surface area contributed by atoms with Crippen LogP contribution in [0.5, 0.6) is 5.75 Å². The van der Waals surface area contributed by atoms with Crippen molar-refractivity contribution in [3.05, 3.63) is 108 Å². The zero-order chi connectivity index (χ0) is 27.3. The number of urea groups is 1. The molecule has 0 aliphatic heterocycles. The Morgan fingerprint density at radius 2 is 1.68 bits per heavy atom. The van der Waals surface area contributed by atoms with Crippen LogP contribution in [-0.4, -0.2) is 30.1 Å². The van der Waals surface area contributed by atoms with Gasteiger partial charge in [-0.2, -0.15) is 8.78 Å². The molecule has 0 aliphatic carbocycles. The Morgan fingerprint density at radius 3 is 2.34 bits per heavy atom. The number of amides is 2. The Balaban J connectivity index is 1.61. The first kappa shape index (κ1) is 26.8. The van der Waals surface area contributed by atoms with E-state index in [0.29, 0.717) is 30.4 Å². The Hall–Kier alpha value is -4.25. The van der Waals surface area contributed by atoms with Crippen LogP contribution in [0.4, 0.5) is 13.6 Å². The summed E-state index contributed by atoms with van der Waals surface area (Å²) in [5.74, 6) is 0.398. The standard InChI is InChI=1S/C27H26F2N4O4S/c1-19-8-6-7-11-24(19)38(35,36)32-26(34)31-23(18-20-9-4-3-5-10-20)25-30-16-17-33(25)21-12-14-22(15-13-21)37-27(2,28)29/h3-17,23H,18H2,1-2H3,(H2,31,32,34)/t23-/m0/s1.